The maximum atomic E-state index is 4.37. The van der Waals surface area contributed by atoms with Crippen LogP contribution < -0.4 is 5.32 Å². The summed E-state index contributed by atoms with van der Waals surface area (Å²) in [5.41, 5.74) is 6.63. The highest BCUT2D eigenvalue weighted by Gasteiger charge is 2.10. The Bertz CT molecular complexity index is 758. The molecule has 4 rings (SSSR count). The van der Waals surface area contributed by atoms with Crippen LogP contribution in [-0.2, 0) is 19.4 Å². The van der Waals surface area contributed by atoms with Crippen LogP contribution in [0.4, 0.5) is 5.69 Å². The molecule has 100 valence electrons. The number of anilines is 1. The maximum Gasteiger partial charge on any atom is 0.0711 e. The fourth-order valence-electron chi connectivity index (χ4n) is 3.00. The third kappa shape index (κ3) is 1.95. The molecule has 3 aromatic rings. The Morgan fingerprint density at radius 3 is 3.05 bits per heavy atom. The summed E-state index contributed by atoms with van der Waals surface area (Å²) in [5.74, 6) is 0. The summed E-state index contributed by atoms with van der Waals surface area (Å²) in [6.45, 7) is 0.812. The van der Waals surface area contributed by atoms with Gasteiger partial charge in [-0.3, -0.25) is 0 Å². The topological polar surface area (TPSA) is 29.3 Å². The molecule has 0 bridgehead atoms. The molecule has 1 aliphatic carbocycles. The first-order chi connectivity index (χ1) is 9.90. The number of aryl methyl sites for hydroxylation is 2. The molecular formula is C17H17N3. The molecule has 0 saturated carbocycles. The molecule has 0 fully saturated rings. The molecule has 0 radical (unpaired) electrons. The van der Waals surface area contributed by atoms with Crippen molar-refractivity contribution in [2.24, 2.45) is 0 Å². The molecule has 1 aliphatic rings. The van der Waals surface area contributed by atoms with E-state index in [1.807, 2.05) is 23.0 Å². The zero-order valence-corrected chi connectivity index (χ0v) is 11.3. The van der Waals surface area contributed by atoms with Gasteiger partial charge < -0.3 is 5.32 Å². The van der Waals surface area contributed by atoms with E-state index in [2.05, 4.69) is 40.7 Å². The van der Waals surface area contributed by atoms with E-state index >= 15 is 0 Å². The second kappa shape index (κ2) is 4.67. The van der Waals surface area contributed by atoms with Crippen molar-refractivity contribution in [2.75, 3.05) is 5.32 Å². The molecule has 0 saturated heterocycles. The number of rotatable bonds is 3. The minimum absolute atomic E-state index is 0.812. The Kier molecular flexibility index (Phi) is 2.69. The third-order valence-corrected chi connectivity index (χ3v) is 4.09. The van der Waals surface area contributed by atoms with Crippen molar-refractivity contribution in [1.82, 2.24) is 9.61 Å². The lowest BCUT2D eigenvalue weighted by molar-refractivity contribution is 0.912. The fourth-order valence-corrected chi connectivity index (χ4v) is 3.00. The number of benzene rings is 1. The van der Waals surface area contributed by atoms with Crippen molar-refractivity contribution in [3.05, 3.63) is 65.5 Å². The lowest BCUT2D eigenvalue weighted by Gasteiger charge is -2.08. The molecule has 2 aromatic heterocycles. The van der Waals surface area contributed by atoms with Crippen molar-refractivity contribution >= 4 is 11.2 Å². The lowest BCUT2D eigenvalue weighted by Crippen LogP contribution is -1.99. The molecule has 20 heavy (non-hydrogen) atoms. The predicted octanol–water partition coefficient (Wildman–Crippen LogP) is 3.44. The number of hydrogen-bond donors (Lipinski definition) is 1. The largest absolute Gasteiger partial charge is 0.381 e. The maximum absolute atomic E-state index is 4.37. The van der Waals surface area contributed by atoms with Gasteiger partial charge in [0.25, 0.3) is 0 Å². The first-order valence-electron chi connectivity index (χ1n) is 7.17. The second-order valence-corrected chi connectivity index (χ2v) is 5.39. The quantitative estimate of drug-likeness (QED) is 0.784. The van der Waals surface area contributed by atoms with Gasteiger partial charge in [0, 0.05) is 24.0 Å². The summed E-state index contributed by atoms with van der Waals surface area (Å²) >= 11 is 0. The van der Waals surface area contributed by atoms with Crippen molar-refractivity contribution in [3.8, 4) is 0 Å². The zero-order chi connectivity index (χ0) is 13.4. The normalized spacial score (nSPS) is 13.6. The van der Waals surface area contributed by atoms with Gasteiger partial charge in [-0.15, -0.1) is 0 Å². The van der Waals surface area contributed by atoms with E-state index in [1.165, 1.54) is 47.2 Å². The van der Waals surface area contributed by atoms with E-state index in [-0.39, 0.29) is 0 Å². The molecule has 0 unspecified atom stereocenters. The molecule has 3 nitrogen and oxygen atoms in total. The smallest absolute Gasteiger partial charge is 0.0711 e. The monoisotopic (exact) mass is 263 g/mol. The highest BCUT2D eigenvalue weighted by atomic mass is 15.2. The molecule has 1 aromatic carbocycles. The summed E-state index contributed by atoms with van der Waals surface area (Å²) in [4.78, 5) is 0. The fraction of sp³-hybridized carbons (Fsp3) is 0.235. The Morgan fingerprint density at radius 2 is 2.05 bits per heavy atom. The first-order valence-corrected chi connectivity index (χ1v) is 7.17. The molecule has 1 N–H and O–H groups in total. The first kappa shape index (κ1) is 11.5. The van der Waals surface area contributed by atoms with Gasteiger partial charge in [-0.2, -0.15) is 5.10 Å². The summed E-state index contributed by atoms with van der Waals surface area (Å²) in [5, 5.41) is 7.88. The van der Waals surface area contributed by atoms with E-state index in [1.54, 1.807) is 0 Å². The molecule has 0 spiro atoms. The molecule has 0 amide bonds. The molecule has 2 heterocycles. The Balaban J connectivity index is 1.55. The highest BCUT2D eigenvalue weighted by Crippen LogP contribution is 2.25. The average Bonchev–Trinajstić information content (AvgIpc) is 3.11. The average molecular weight is 263 g/mol. The van der Waals surface area contributed by atoms with Gasteiger partial charge in [0.2, 0.25) is 0 Å². The number of fused-ring (bicyclic) bond motifs is 2. The molecule has 0 atom stereocenters. The highest BCUT2D eigenvalue weighted by molar-refractivity contribution is 5.56. The Hall–Kier alpha value is -2.29. The van der Waals surface area contributed by atoms with Gasteiger partial charge in [-0.05, 0) is 54.7 Å². The number of nitrogens with one attached hydrogen (secondary N) is 1. The van der Waals surface area contributed by atoms with Gasteiger partial charge >= 0.3 is 0 Å². The summed E-state index contributed by atoms with van der Waals surface area (Å²) < 4.78 is 1.92. The van der Waals surface area contributed by atoms with Crippen LogP contribution in [0.1, 0.15) is 23.1 Å². The second-order valence-electron chi connectivity index (χ2n) is 5.39. The van der Waals surface area contributed by atoms with E-state index in [4.69, 9.17) is 0 Å². The van der Waals surface area contributed by atoms with Crippen molar-refractivity contribution < 1.29 is 0 Å². The SMILES string of the molecule is c1ccn2ncc(CNc3ccc4c(c3)CCC4)c2c1. The molecule has 3 heteroatoms. The van der Waals surface area contributed by atoms with Gasteiger partial charge in [-0.1, -0.05) is 12.1 Å². The number of aromatic nitrogens is 2. The van der Waals surface area contributed by atoms with Crippen LogP contribution in [-0.4, -0.2) is 9.61 Å². The lowest BCUT2D eigenvalue weighted by atomic mass is 10.1. The van der Waals surface area contributed by atoms with Gasteiger partial charge in [0.1, 0.15) is 0 Å². The zero-order valence-electron chi connectivity index (χ0n) is 11.3. The van der Waals surface area contributed by atoms with Crippen molar-refractivity contribution in [3.63, 3.8) is 0 Å². The van der Waals surface area contributed by atoms with Crippen molar-refractivity contribution in [1.29, 1.82) is 0 Å². The number of hydrogen-bond acceptors (Lipinski definition) is 2. The Labute approximate surface area is 118 Å². The minimum Gasteiger partial charge on any atom is -0.381 e. The summed E-state index contributed by atoms with van der Waals surface area (Å²) in [6.07, 6.45) is 7.68. The van der Waals surface area contributed by atoms with E-state index in [0.717, 1.165) is 6.54 Å². The number of nitrogens with zero attached hydrogens (tertiary/aromatic N) is 2. The van der Waals surface area contributed by atoms with Gasteiger partial charge in [0.05, 0.1) is 11.7 Å². The summed E-state index contributed by atoms with van der Waals surface area (Å²) in [6, 6.07) is 12.9. The van der Waals surface area contributed by atoms with Crippen LogP contribution in [0.15, 0.2) is 48.8 Å². The van der Waals surface area contributed by atoms with E-state index in [9.17, 15) is 0 Å². The van der Waals surface area contributed by atoms with Crippen LogP contribution in [0, 0.1) is 0 Å². The van der Waals surface area contributed by atoms with Crippen LogP contribution >= 0.6 is 0 Å². The molecular weight excluding hydrogens is 246 g/mol. The van der Waals surface area contributed by atoms with Gasteiger partial charge in [0.15, 0.2) is 0 Å². The van der Waals surface area contributed by atoms with Gasteiger partial charge in [-0.25, -0.2) is 4.52 Å². The van der Waals surface area contributed by atoms with Crippen LogP contribution in [0.5, 0.6) is 0 Å². The Morgan fingerprint density at radius 1 is 1.10 bits per heavy atom. The molecule has 0 aliphatic heterocycles. The van der Waals surface area contributed by atoms with Crippen LogP contribution in [0.25, 0.3) is 5.52 Å². The van der Waals surface area contributed by atoms with E-state index < -0.39 is 0 Å². The van der Waals surface area contributed by atoms with Crippen LogP contribution in [0.2, 0.25) is 0 Å². The minimum atomic E-state index is 0.812. The standard InChI is InChI=1S/C17H17N3/c1-2-9-20-17(6-1)15(12-19-20)11-18-16-8-7-13-4-3-5-14(13)10-16/h1-2,6-10,12,18H,3-5,11H2. The van der Waals surface area contributed by atoms with Crippen LogP contribution in [0.3, 0.4) is 0 Å². The van der Waals surface area contributed by atoms with E-state index in [0.29, 0.717) is 0 Å². The van der Waals surface area contributed by atoms with Crippen molar-refractivity contribution in [2.45, 2.75) is 25.8 Å². The number of pyridine rings is 1. The third-order valence-electron chi connectivity index (χ3n) is 4.09. The summed E-state index contributed by atoms with van der Waals surface area (Å²) in [7, 11) is 0. The predicted molar refractivity (Wildman–Crippen MR) is 81.0 cm³/mol.